The molecular weight excluding hydrogens is 791 g/mol. The van der Waals surface area contributed by atoms with Crippen LogP contribution in [0.4, 0.5) is 0 Å². The van der Waals surface area contributed by atoms with Crippen LogP contribution >= 0.6 is 0 Å². The van der Waals surface area contributed by atoms with Crippen LogP contribution in [-0.4, -0.2) is 47.4 Å². The van der Waals surface area contributed by atoms with Crippen molar-refractivity contribution in [2.24, 2.45) is 0 Å². The number of unbranched alkanes of at least 4 members (excludes halogenated alkanes) is 41. The van der Waals surface area contributed by atoms with Crippen molar-refractivity contribution < 1.29 is 24.5 Å². The lowest BCUT2D eigenvalue weighted by Gasteiger charge is -2.22. The zero-order chi connectivity index (χ0) is 46.5. The van der Waals surface area contributed by atoms with Crippen LogP contribution in [-0.2, 0) is 14.3 Å². The molecule has 0 spiro atoms. The Morgan fingerprint density at radius 3 is 1.11 bits per heavy atom. The van der Waals surface area contributed by atoms with Crippen LogP contribution in [0.3, 0.4) is 0 Å². The van der Waals surface area contributed by atoms with Gasteiger partial charge in [-0.2, -0.15) is 0 Å². The largest absolute Gasteiger partial charge is 0.466 e. The molecule has 2 atom stereocenters. The molecule has 0 aliphatic carbocycles. The Labute approximate surface area is 399 Å². The van der Waals surface area contributed by atoms with Crippen molar-refractivity contribution in [2.45, 2.75) is 334 Å². The average Bonchev–Trinajstić information content (AvgIpc) is 3.29. The summed E-state index contributed by atoms with van der Waals surface area (Å²) in [7, 11) is 0. The summed E-state index contributed by atoms with van der Waals surface area (Å²) in [5.74, 6) is -0.0407. The van der Waals surface area contributed by atoms with E-state index in [1.165, 1.54) is 244 Å². The molecule has 2 unspecified atom stereocenters. The van der Waals surface area contributed by atoms with E-state index in [1.54, 1.807) is 0 Å². The predicted octanol–water partition coefficient (Wildman–Crippen LogP) is 17.7. The summed E-state index contributed by atoms with van der Waals surface area (Å²) in [4.78, 5) is 24.5. The second kappa shape index (κ2) is 54.2. The van der Waals surface area contributed by atoms with E-state index >= 15 is 0 Å². The maximum absolute atomic E-state index is 12.5. The van der Waals surface area contributed by atoms with E-state index < -0.39 is 12.1 Å². The molecule has 0 saturated heterocycles. The number of nitrogens with one attached hydrogen (secondary N) is 1. The van der Waals surface area contributed by atoms with E-state index in [9.17, 15) is 19.8 Å². The van der Waals surface area contributed by atoms with Crippen LogP contribution in [0.25, 0.3) is 0 Å². The third-order valence-electron chi connectivity index (χ3n) is 13.6. The van der Waals surface area contributed by atoms with Crippen LogP contribution in [0.15, 0.2) is 12.2 Å². The fraction of sp³-hybridized carbons (Fsp3) is 0.931. The number of esters is 1. The third kappa shape index (κ3) is 50.0. The summed E-state index contributed by atoms with van der Waals surface area (Å²) >= 11 is 0. The van der Waals surface area contributed by atoms with E-state index in [-0.39, 0.29) is 18.5 Å². The van der Waals surface area contributed by atoms with E-state index in [1.807, 2.05) is 0 Å². The van der Waals surface area contributed by atoms with Crippen LogP contribution in [0.1, 0.15) is 322 Å². The van der Waals surface area contributed by atoms with Crippen LogP contribution in [0.2, 0.25) is 0 Å². The lowest BCUT2D eigenvalue weighted by molar-refractivity contribution is -0.143. The molecule has 64 heavy (non-hydrogen) atoms. The number of aliphatic hydroxyl groups is 2. The third-order valence-corrected chi connectivity index (χ3v) is 13.6. The Morgan fingerprint density at radius 2 is 0.734 bits per heavy atom. The Kier molecular flexibility index (Phi) is 53.0. The maximum Gasteiger partial charge on any atom is 0.305 e. The smallest absolute Gasteiger partial charge is 0.305 e. The van der Waals surface area contributed by atoms with Crippen molar-refractivity contribution in [1.29, 1.82) is 0 Å². The highest BCUT2D eigenvalue weighted by Crippen LogP contribution is 2.17. The molecule has 6 heteroatoms. The first kappa shape index (κ1) is 62.6. The summed E-state index contributed by atoms with van der Waals surface area (Å²) in [6.07, 6.45) is 63.4. The standard InChI is InChI=1S/C58H113NO5/c1-3-5-7-9-11-13-15-17-19-23-26-30-34-38-42-46-50-56(61)55(54-60)59-57(62)51-47-43-39-35-31-27-24-21-20-22-25-29-33-37-41-45-49-53-64-58(63)52-48-44-40-36-32-28-18-16-14-12-10-8-6-4-2/h16,18,55-56,60-61H,3-15,17,19-54H2,1-2H3,(H,59,62)/b18-16-. The van der Waals surface area contributed by atoms with Gasteiger partial charge in [-0.1, -0.05) is 270 Å². The van der Waals surface area contributed by atoms with Crippen molar-refractivity contribution in [1.82, 2.24) is 5.32 Å². The highest BCUT2D eigenvalue weighted by molar-refractivity contribution is 5.76. The molecule has 0 fully saturated rings. The fourth-order valence-corrected chi connectivity index (χ4v) is 9.11. The van der Waals surface area contributed by atoms with Gasteiger partial charge in [-0.3, -0.25) is 9.59 Å². The normalized spacial score (nSPS) is 12.6. The molecule has 0 heterocycles. The van der Waals surface area contributed by atoms with Gasteiger partial charge in [0.1, 0.15) is 0 Å². The Balaban J connectivity index is 3.41. The molecule has 0 aliphatic heterocycles. The molecule has 0 rings (SSSR count). The van der Waals surface area contributed by atoms with Crippen LogP contribution in [0.5, 0.6) is 0 Å². The van der Waals surface area contributed by atoms with Crippen molar-refractivity contribution in [3.63, 3.8) is 0 Å². The number of hydrogen-bond acceptors (Lipinski definition) is 5. The first-order chi connectivity index (χ1) is 31.5. The summed E-state index contributed by atoms with van der Waals surface area (Å²) in [5, 5.41) is 23.3. The van der Waals surface area contributed by atoms with Gasteiger partial charge in [0, 0.05) is 12.8 Å². The molecule has 0 aromatic rings. The zero-order valence-electron chi connectivity index (χ0n) is 43.3. The van der Waals surface area contributed by atoms with Crippen LogP contribution < -0.4 is 5.32 Å². The Bertz CT molecular complexity index is 955. The molecular formula is C58H113NO5. The first-order valence-electron chi connectivity index (χ1n) is 28.9. The van der Waals surface area contributed by atoms with Crippen molar-refractivity contribution in [3.8, 4) is 0 Å². The van der Waals surface area contributed by atoms with E-state index in [2.05, 4.69) is 31.3 Å². The first-order valence-corrected chi connectivity index (χ1v) is 28.9. The minimum atomic E-state index is -0.667. The molecule has 380 valence electrons. The van der Waals surface area contributed by atoms with Gasteiger partial charge >= 0.3 is 5.97 Å². The summed E-state index contributed by atoms with van der Waals surface area (Å²) in [6, 6.07) is -0.545. The lowest BCUT2D eigenvalue weighted by atomic mass is 10.0. The van der Waals surface area contributed by atoms with Crippen molar-refractivity contribution in [3.05, 3.63) is 12.2 Å². The number of aliphatic hydroxyl groups excluding tert-OH is 2. The fourth-order valence-electron chi connectivity index (χ4n) is 9.11. The van der Waals surface area contributed by atoms with E-state index in [0.717, 1.165) is 44.9 Å². The zero-order valence-corrected chi connectivity index (χ0v) is 43.3. The van der Waals surface area contributed by atoms with Gasteiger partial charge in [0.15, 0.2) is 0 Å². The summed E-state index contributed by atoms with van der Waals surface area (Å²) in [5.41, 5.74) is 0. The number of carbonyl (C=O) groups is 2. The summed E-state index contributed by atoms with van der Waals surface area (Å²) < 4.78 is 5.47. The predicted molar refractivity (Wildman–Crippen MR) is 278 cm³/mol. The Hall–Kier alpha value is -1.40. The average molecular weight is 905 g/mol. The van der Waals surface area contributed by atoms with Gasteiger partial charge in [0.2, 0.25) is 5.91 Å². The minimum absolute atomic E-state index is 0.00253. The molecule has 0 saturated carbocycles. The highest BCUT2D eigenvalue weighted by atomic mass is 16.5. The van der Waals surface area contributed by atoms with Gasteiger partial charge in [-0.15, -0.1) is 0 Å². The van der Waals surface area contributed by atoms with Gasteiger partial charge in [-0.25, -0.2) is 0 Å². The number of amides is 1. The van der Waals surface area contributed by atoms with Gasteiger partial charge in [-0.05, 0) is 51.4 Å². The maximum atomic E-state index is 12.5. The summed E-state index contributed by atoms with van der Waals surface area (Å²) in [6.45, 7) is 4.95. The Morgan fingerprint density at radius 1 is 0.422 bits per heavy atom. The topological polar surface area (TPSA) is 95.9 Å². The number of ether oxygens (including phenoxy) is 1. The SMILES string of the molecule is CCCCCCC/C=C\CCCCCCCC(=O)OCCCCCCCCCCCCCCCCCCCC(=O)NC(CO)C(O)CCCCCCCCCCCCCCCCCC. The second-order valence-electron chi connectivity index (χ2n) is 20.0. The van der Waals surface area contributed by atoms with Gasteiger partial charge in [0.05, 0.1) is 25.4 Å². The van der Waals surface area contributed by atoms with E-state index in [4.69, 9.17) is 4.74 Å². The molecule has 0 bridgehead atoms. The minimum Gasteiger partial charge on any atom is -0.466 e. The molecule has 6 nitrogen and oxygen atoms in total. The molecule has 0 aromatic heterocycles. The quantitative estimate of drug-likeness (QED) is 0.0321. The van der Waals surface area contributed by atoms with Gasteiger partial charge < -0.3 is 20.3 Å². The molecule has 0 aromatic carbocycles. The number of rotatable bonds is 54. The monoisotopic (exact) mass is 904 g/mol. The highest BCUT2D eigenvalue weighted by Gasteiger charge is 2.20. The van der Waals surface area contributed by atoms with Crippen LogP contribution in [0, 0.1) is 0 Å². The molecule has 1 amide bonds. The number of allylic oxidation sites excluding steroid dienone is 2. The van der Waals surface area contributed by atoms with Gasteiger partial charge in [0.25, 0.3) is 0 Å². The second-order valence-corrected chi connectivity index (χ2v) is 20.0. The van der Waals surface area contributed by atoms with Crippen molar-refractivity contribution >= 4 is 11.9 Å². The molecule has 3 N–H and O–H groups in total. The molecule has 0 radical (unpaired) electrons. The van der Waals surface area contributed by atoms with Crippen molar-refractivity contribution in [2.75, 3.05) is 13.2 Å². The van der Waals surface area contributed by atoms with E-state index in [0.29, 0.717) is 25.9 Å². The lowest BCUT2D eigenvalue weighted by Crippen LogP contribution is -2.45. The number of carbonyl (C=O) groups excluding carboxylic acids is 2. The molecule has 0 aliphatic rings. The number of hydrogen-bond donors (Lipinski definition) is 3.